The lowest BCUT2D eigenvalue weighted by Gasteiger charge is -2.26. The second-order valence-electron chi connectivity index (χ2n) is 5.63. The van der Waals surface area contributed by atoms with E-state index in [1.165, 1.54) is 0 Å². The highest BCUT2D eigenvalue weighted by Gasteiger charge is 2.24. The van der Waals surface area contributed by atoms with Crippen molar-refractivity contribution in [1.82, 2.24) is 0 Å². The van der Waals surface area contributed by atoms with E-state index in [0.29, 0.717) is 30.0 Å². The van der Waals surface area contributed by atoms with Gasteiger partial charge in [0.15, 0.2) is 0 Å². The third kappa shape index (κ3) is 3.42. The van der Waals surface area contributed by atoms with Gasteiger partial charge in [-0.3, -0.25) is 9.59 Å². The van der Waals surface area contributed by atoms with Crippen molar-refractivity contribution in [2.75, 3.05) is 23.3 Å². The minimum atomic E-state index is -0.456. The number of nitrogens with zero attached hydrogens (tertiary/aromatic N) is 2. The highest BCUT2D eigenvalue weighted by Crippen LogP contribution is 2.21. The van der Waals surface area contributed by atoms with Crippen LogP contribution in [-0.4, -0.2) is 13.1 Å². The molecule has 0 aliphatic heterocycles. The van der Waals surface area contributed by atoms with Gasteiger partial charge in [0.1, 0.15) is 11.4 Å². The van der Waals surface area contributed by atoms with Crippen LogP contribution in [0.3, 0.4) is 0 Å². The Hall–Kier alpha value is -2.61. The summed E-state index contributed by atoms with van der Waals surface area (Å²) in [6.45, 7) is 7.79. The van der Waals surface area contributed by atoms with E-state index in [0.717, 1.165) is 24.1 Å². The molecular formula is C18H21N3O2. The molecule has 0 bridgehead atoms. The summed E-state index contributed by atoms with van der Waals surface area (Å²) < 4.78 is 0. The SMILES string of the molecule is CCCN(CC)c1c(NCc2cc(C)cc(C#N)c2)c(=O)c1=O. The fraction of sp³-hybridized carbons (Fsp3) is 0.389. The quantitative estimate of drug-likeness (QED) is 0.794. The topological polar surface area (TPSA) is 73.2 Å². The first kappa shape index (κ1) is 16.8. The fourth-order valence-corrected chi connectivity index (χ4v) is 2.76. The van der Waals surface area contributed by atoms with E-state index in [2.05, 4.69) is 11.4 Å². The lowest BCUT2D eigenvalue weighted by atomic mass is 10.1. The van der Waals surface area contributed by atoms with Crippen molar-refractivity contribution >= 4 is 11.4 Å². The molecule has 0 radical (unpaired) electrons. The van der Waals surface area contributed by atoms with Crippen LogP contribution >= 0.6 is 0 Å². The maximum absolute atomic E-state index is 11.9. The molecular weight excluding hydrogens is 290 g/mol. The van der Waals surface area contributed by atoms with Gasteiger partial charge in [0, 0.05) is 19.6 Å². The largest absolute Gasteiger partial charge is 0.376 e. The molecule has 0 atom stereocenters. The van der Waals surface area contributed by atoms with Gasteiger partial charge in [-0.15, -0.1) is 0 Å². The van der Waals surface area contributed by atoms with Crippen LogP contribution in [0.1, 0.15) is 37.0 Å². The summed E-state index contributed by atoms with van der Waals surface area (Å²) in [5.41, 5.74) is 2.52. The molecule has 5 heteroatoms. The van der Waals surface area contributed by atoms with Gasteiger partial charge in [0.05, 0.1) is 11.6 Å². The Morgan fingerprint density at radius 1 is 1.17 bits per heavy atom. The standard InChI is InChI=1S/C18H21N3O2/c1-4-6-21(5-2)16-15(17(22)18(16)23)20-11-14-8-12(3)7-13(9-14)10-19/h7-9,20H,4-6,11H2,1-3H3. The number of nitriles is 1. The number of aryl methyl sites for hydroxylation is 1. The van der Waals surface area contributed by atoms with Crippen molar-refractivity contribution in [2.45, 2.75) is 33.7 Å². The van der Waals surface area contributed by atoms with E-state index in [4.69, 9.17) is 5.26 Å². The molecule has 0 aromatic heterocycles. The number of benzene rings is 1. The summed E-state index contributed by atoms with van der Waals surface area (Å²) in [5.74, 6) is 0. The van der Waals surface area contributed by atoms with E-state index in [-0.39, 0.29) is 0 Å². The zero-order chi connectivity index (χ0) is 17.0. The van der Waals surface area contributed by atoms with Crippen molar-refractivity contribution in [1.29, 1.82) is 5.26 Å². The molecule has 2 aromatic rings. The van der Waals surface area contributed by atoms with Crippen molar-refractivity contribution in [3.05, 3.63) is 55.3 Å². The normalized spacial score (nSPS) is 10.5. The van der Waals surface area contributed by atoms with Crippen LogP contribution < -0.4 is 21.1 Å². The van der Waals surface area contributed by atoms with Crippen molar-refractivity contribution in [3.8, 4) is 6.07 Å². The fourth-order valence-electron chi connectivity index (χ4n) is 2.76. The lowest BCUT2D eigenvalue weighted by molar-refractivity contribution is 0.784. The summed E-state index contributed by atoms with van der Waals surface area (Å²) in [5, 5.41) is 12.1. The summed E-state index contributed by atoms with van der Waals surface area (Å²) in [4.78, 5) is 25.7. The summed E-state index contributed by atoms with van der Waals surface area (Å²) in [6.07, 6.45) is 0.912. The van der Waals surface area contributed by atoms with Crippen molar-refractivity contribution in [2.24, 2.45) is 0 Å². The van der Waals surface area contributed by atoms with Gasteiger partial charge >= 0.3 is 0 Å². The zero-order valence-corrected chi connectivity index (χ0v) is 13.8. The smallest absolute Gasteiger partial charge is 0.253 e. The van der Waals surface area contributed by atoms with Gasteiger partial charge in [-0.1, -0.05) is 13.0 Å². The molecule has 2 aromatic carbocycles. The molecule has 0 aliphatic rings. The van der Waals surface area contributed by atoms with Gasteiger partial charge in [-0.05, 0) is 43.5 Å². The van der Waals surface area contributed by atoms with Crippen molar-refractivity contribution < 1.29 is 0 Å². The Morgan fingerprint density at radius 3 is 2.52 bits per heavy atom. The molecule has 0 amide bonds. The van der Waals surface area contributed by atoms with Gasteiger partial charge in [0.2, 0.25) is 0 Å². The number of hydrogen-bond donors (Lipinski definition) is 1. The van der Waals surface area contributed by atoms with E-state index < -0.39 is 10.9 Å². The third-order valence-electron chi connectivity index (χ3n) is 3.81. The number of nitrogens with one attached hydrogen (secondary N) is 1. The third-order valence-corrected chi connectivity index (χ3v) is 3.81. The summed E-state index contributed by atoms with van der Waals surface area (Å²) in [7, 11) is 0. The maximum atomic E-state index is 11.9. The van der Waals surface area contributed by atoms with Gasteiger partial charge in [-0.25, -0.2) is 0 Å². The van der Waals surface area contributed by atoms with Crippen LogP contribution in [0.4, 0.5) is 11.4 Å². The molecule has 120 valence electrons. The van der Waals surface area contributed by atoms with Crippen LogP contribution in [0.2, 0.25) is 0 Å². The van der Waals surface area contributed by atoms with Gasteiger partial charge in [-0.2, -0.15) is 5.26 Å². The van der Waals surface area contributed by atoms with Crippen molar-refractivity contribution in [3.63, 3.8) is 0 Å². The highest BCUT2D eigenvalue weighted by molar-refractivity contribution is 5.75. The minimum Gasteiger partial charge on any atom is -0.376 e. The summed E-state index contributed by atoms with van der Waals surface area (Å²) >= 11 is 0. The predicted octanol–water partition coefficient (Wildman–Crippen LogP) is 2.31. The predicted molar refractivity (Wildman–Crippen MR) is 92.8 cm³/mol. The number of rotatable bonds is 7. The van der Waals surface area contributed by atoms with E-state index >= 15 is 0 Å². The molecule has 0 spiro atoms. The number of anilines is 2. The Kier molecular flexibility index (Phi) is 5.17. The van der Waals surface area contributed by atoms with E-state index in [1.54, 1.807) is 6.07 Å². The molecule has 0 unspecified atom stereocenters. The molecule has 0 fully saturated rings. The van der Waals surface area contributed by atoms with E-state index in [1.807, 2.05) is 37.8 Å². The van der Waals surface area contributed by atoms with E-state index in [9.17, 15) is 9.59 Å². The average Bonchev–Trinajstić information content (AvgIpc) is 2.55. The minimum absolute atomic E-state index is 0.394. The Labute approximate surface area is 135 Å². The van der Waals surface area contributed by atoms with Crippen LogP contribution in [0.25, 0.3) is 0 Å². The molecule has 2 rings (SSSR count). The van der Waals surface area contributed by atoms with Crippen LogP contribution in [0, 0.1) is 18.3 Å². The Bertz CT molecular complexity index is 811. The molecule has 23 heavy (non-hydrogen) atoms. The second-order valence-corrected chi connectivity index (χ2v) is 5.63. The molecule has 0 saturated carbocycles. The van der Waals surface area contributed by atoms with Crippen LogP contribution in [0.15, 0.2) is 27.8 Å². The molecule has 5 nitrogen and oxygen atoms in total. The first-order chi connectivity index (χ1) is 11.0. The average molecular weight is 311 g/mol. The first-order valence-electron chi connectivity index (χ1n) is 7.84. The second kappa shape index (κ2) is 7.10. The summed E-state index contributed by atoms with van der Waals surface area (Å²) in [6, 6.07) is 7.68. The van der Waals surface area contributed by atoms with Crippen LogP contribution in [-0.2, 0) is 6.54 Å². The van der Waals surface area contributed by atoms with Gasteiger partial charge in [0.25, 0.3) is 10.9 Å². The molecule has 0 heterocycles. The van der Waals surface area contributed by atoms with Crippen LogP contribution in [0.5, 0.6) is 0 Å². The Balaban J connectivity index is 2.21. The number of hydrogen-bond acceptors (Lipinski definition) is 5. The van der Waals surface area contributed by atoms with Gasteiger partial charge < -0.3 is 10.2 Å². The Morgan fingerprint density at radius 2 is 1.91 bits per heavy atom. The first-order valence-corrected chi connectivity index (χ1v) is 7.84. The monoisotopic (exact) mass is 311 g/mol. The highest BCUT2D eigenvalue weighted by atomic mass is 16.2. The maximum Gasteiger partial charge on any atom is 0.253 e. The lowest BCUT2D eigenvalue weighted by Crippen LogP contribution is -2.42. The zero-order valence-electron chi connectivity index (χ0n) is 13.8. The molecule has 0 saturated heterocycles. The molecule has 0 aliphatic carbocycles. The molecule has 1 N–H and O–H groups in total.